The molecule has 0 fully saturated rings. The van der Waals surface area contributed by atoms with Crippen molar-refractivity contribution in [3.63, 3.8) is 0 Å². The van der Waals surface area contributed by atoms with Crippen molar-refractivity contribution in [3.05, 3.63) is 0 Å². The van der Waals surface area contributed by atoms with Gasteiger partial charge in [-0.15, -0.1) is 0 Å². The molecule has 0 unspecified atom stereocenters. The lowest BCUT2D eigenvalue weighted by molar-refractivity contribution is 0.626. The molecule has 0 aliphatic rings. The molecule has 0 saturated carbocycles. The Kier molecular flexibility index (Phi) is 16.3. The van der Waals surface area contributed by atoms with Gasteiger partial charge in [-0.05, 0) is 5.92 Å². The van der Waals surface area contributed by atoms with Crippen molar-refractivity contribution in [3.8, 4) is 0 Å². The maximum absolute atomic E-state index is 4.90. The van der Waals surface area contributed by atoms with Gasteiger partial charge in [-0.1, -0.05) is 27.2 Å². The average Bonchev–Trinajstić information content (AvgIpc) is 1.69. The Hall–Kier alpha value is 1.11. The summed E-state index contributed by atoms with van der Waals surface area (Å²) >= 11 is -0.639. The normalized spacial score (nSPS) is 7.75. The molecule has 0 nitrogen and oxygen atoms in total. The summed E-state index contributed by atoms with van der Waals surface area (Å²) in [6.45, 7) is 6.64. The van der Waals surface area contributed by atoms with Crippen LogP contribution >= 0.6 is 20.1 Å². The van der Waals surface area contributed by atoms with Crippen LogP contribution in [0.15, 0.2) is 0 Å². The van der Waals surface area contributed by atoms with Crippen molar-refractivity contribution in [2.24, 2.45) is 5.92 Å². The van der Waals surface area contributed by atoms with Crippen LogP contribution in [-0.2, 0) is 0 Å². The van der Waals surface area contributed by atoms with Crippen LogP contribution < -0.4 is 0 Å². The number of hydrogen-bond acceptors (Lipinski definition) is 0. The number of halogens is 2. The third-order valence-electron chi connectivity index (χ3n) is 0.816. The molecule has 0 spiro atoms. The molecular formula is C5H13AlCl2. The predicted molar refractivity (Wildman–Crippen MR) is 44.0 cm³/mol. The highest BCUT2D eigenvalue weighted by Gasteiger charge is 1.80. The zero-order valence-electron chi connectivity index (χ0n) is 5.75. The van der Waals surface area contributed by atoms with Crippen LogP contribution in [0.4, 0.5) is 0 Å². The highest BCUT2D eigenvalue weighted by molar-refractivity contribution is 7.22. The molecule has 0 rings (SSSR count). The molecule has 0 bridgehead atoms. The maximum atomic E-state index is 4.90. The van der Waals surface area contributed by atoms with E-state index in [2.05, 4.69) is 20.8 Å². The summed E-state index contributed by atoms with van der Waals surface area (Å²) in [6.07, 6.45) is 1.31. The molecule has 0 amide bonds. The Morgan fingerprint density at radius 3 is 1.50 bits per heavy atom. The maximum Gasteiger partial charge on any atom is 0.499 e. The molecule has 3 heteroatoms. The van der Waals surface area contributed by atoms with Crippen molar-refractivity contribution in [2.75, 3.05) is 0 Å². The summed E-state index contributed by atoms with van der Waals surface area (Å²) in [5.74, 6) is 0.884. The summed E-state index contributed by atoms with van der Waals surface area (Å²) in [7, 11) is 9.81. The second kappa shape index (κ2) is 11.0. The molecule has 0 N–H and O–H groups in total. The molecule has 0 aromatic rings. The predicted octanol–water partition coefficient (Wildman–Crippen LogP) is 2.78. The van der Waals surface area contributed by atoms with Gasteiger partial charge in [0, 0.05) is 0 Å². The van der Waals surface area contributed by atoms with E-state index in [1.54, 1.807) is 0 Å². The van der Waals surface area contributed by atoms with E-state index in [0.717, 1.165) is 5.92 Å². The van der Waals surface area contributed by atoms with Crippen molar-refractivity contribution >= 4 is 33.5 Å². The Morgan fingerprint density at radius 1 is 1.38 bits per heavy atom. The fraction of sp³-hybridized carbons (Fsp3) is 1.00. The summed E-state index contributed by atoms with van der Waals surface area (Å²) in [5, 5.41) is 0. The van der Waals surface area contributed by atoms with Gasteiger partial charge in [-0.25, -0.2) is 20.1 Å². The highest BCUT2D eigenvalue weighted by atomic mass is 35.7. The molecule has 0 aliphatic heterocycles. The number of hydrogen-bond donors (Lipinski definition) is 0. The highest BCUT2D eigenvalue weighted by Crippen LogP contribution is 1.93. The molecule has 50 valence electrons. The van der Waals surface area contributed by atoms with E-state index < -0.39 is 13.4 Å². The third kappa shape index (κ3) is 27.4. The Labute approximate surface area is 66.7 Å². The van der Waals surface area contributed by atoms with Crippen LogP contribution in [0.1, 0.15) is 27.2 Å². The van der Waals surface area contributed by atoms with Crippen LogP contribution in [0.2, 0.25) is 0 Å². The second-order valence-electron chi connectivity index (χ2n) is 1.90. The lowest BCUT2D eigenvalue weighted by Crippen LogP contribution is -1.77. The van der Waals surface area contributed by atoms with Crippen molar-refractivity contribution in [1.29, 1.82) is 0 Å². The molecule has 0 aromatic heterocycles. The van der Waals surface area contributed by atoms with Gasteiger partial charge in [0.1, 0.15) is 0 Å². The van der Waals surface area contributed by atoms with Crippen LogP contribution in [0.3, 0.4) is 0 Å². The molecule has 0 aromatic carbocycles. The van der Waals surface area contributed by atoms with E-state index in [1.807, 2.05) is 0 Å². The van der Waals surface area contributed by atoms with Gasteiger partial charge in [-0.2, -0.15) is 0 Å². The van der Waals surface area contributed by atoms with Crippen LogP contribution in [0.25, 0.3) is 0 Å². The summed E-state index contributed by atoms with van der Waals surface area (Å²) < 4.78 is 0. The minimum atomic E-state index is -0.639. The van der Waals surface area contributed by atoms with Gasteiger partial charge in [0.25, 0.3) is 0 Å². The Balaban J connectivity index is 0. The van der Waals surface area contributed by atoms with Gasteiger partial charge < -0.3 is 0 Å². The molecule has 0 saturated heterocycles. The first-order valence-corrected chi connectivity index (χ1v) is 7.08. The van der Waals surface area contributed by atoms with Gasteiger partial charge in [0.15, 0.2) is 0 Å². The monoisotopic (exact) mass is 170 g/mol. The van der Waals surface area contributed by atoms with Crippen molar-refractivity contribution < 1.29 is 0 Å². The molecule has 8 heavy (non-hydrogen) atoms. The van der Waals surface area contributed by atoms with Crippen molar-refractivity contribution in [2.45, 2.75) is 27.2 Å². The van der Waals surface area contributed by atoms with E-state index in [1.165, 1.54) is 6.42 Å². The zero-order chi connectivity index (χ0) is 6.99. The number of rotatable bonds is 1. The van der Waals surface area contributed by atoms with Crippen LogP contribution in [0, 0.1) is 5.92 Å². The zero-order valence-corrected chi connectivity index (χ0v) is 8.67. The summed E-state index contributed by atoms with van der Waals surface area (Å²) in [5.41, 5.74) is 0. The molecule has 0 atom stereocenters. The van der Waals surface area contributed by atoms with Gasteiger partial charge in [-0.3, -0.25) is 0 Å². The fourth-order valence-electron chi connectivity index (χ4n) is 0. The average molecular weight is 171 g/mol. The van der Waals surface area contributed by atoms with Gasteiger partial charge in [0.2, 0.25) is 0 Å². The quantitative estimate of drug-likeness (QED) is 0.532. The smallest absolute Gasteiger partial charge is 0.240 e. The van der Waals surface area contributed by atoms with Crippen LogP contribution in [-0.4, -0.2) is 13.4 Å². The Bertz CT molecular complexity index is 31.6. The van der Waals surface area contributed by atoms with E-state index in [4.69, 9.17) is 20.1 Å². The minimum Gasteiger partial charge on any atom is -0.240 e. The standard InChI is InChI=1S/C5H12.Al.2ClH.H/c1-4-5(2)3;;;;/h5H,4H2,1-3H3;;2*1H;/q;+2;;;/p-2. The summed E-state index contributed by atoms with van der Waals surface area (Å²) in [6, 6.07) is 0. The molecule has 0 heterocycles. The lowest BCUT2D eigenvalue weighted by atomic mass is 10.2. The topological polar surface area (TPSA) is 0 Å². The SMILES string of the molecule is CCC(C)C.[Cl][AlH][Cl]. The van der Waals surface area contributed by atoms with E-state index in [9.17, 15) is 0 Å². The molecule has 0 radical (unpaired) electrons. The first-order chi connectivity index (χ1) is 3.68. The van der Waals surface area contributed by atoms with Crippen LogP contribution in [0.5, 0.6) is 0 Å². The van der Waals surface area contributed by atoms with Gasteiger partial charge >= 0.3 is 13.4 Å². The Morgan fingerprint density at radius 2 is 1.50 bits per heavy atom. The fourth-order valence-corrected chi connectivity index (χ4v) is 0. The minimum absolute atomic E-state index is 0.639. The summed E-state index contributed by atoms with van der Waals surface area (Å²) in [4.78, 5) is 0. The largest absolute Gasteiger partial charge is 0.499 e. The third-order valence-corrected chi connectivity index (χ3v) is 0.816. The van der Waals surface area contributed by atoms with E-state index in [-0.39, 0.29) is 0 Å². The van der Waals surface area contributed by atoms with E-state index >= 15 is 0 Å². The first-order valence-electron chi connectivity index (χ1n) is 2.80. The van der Waals surface area contributed by atoms with Crippen molar-refractivity contribution in [1.82, 2.24) is 0 Å². The van der Waals surface area contributed by atoms with Gasteiger partial charge in [0.05, 0.1) is 0 Å². The molecular weight excluding hydrogens is 158 g/mol. The molecule has 0 aliphatic carbocycles. The lowest BCUT2D eigenvalue weighted by Gasteiger charge is -1.90. The first kappa shape index (κ1) is 11.9. The second-order valence-corrected chi connectivity index (χ2v) is 4.53. The van der Waals surface area contributed by atoms with E-state index in [0.29, 0.717) is 0 Å².